The van der Waals surface area contributed by atoms with E-state index in [0.717, 1.165) is 4.68 Å². The molecule has 0 unspecified atom stereocenters. The van der Waals surface area contributed by atoms with Crippen molar-refractivity contribution >= 4 is 5.78 Å². The van der Waals surface area contributed by atoms with Gasteiger partial charge >= 0.3 is 12.4 Å². The minimum absolute atomic E-state index is 0.000926. The Bertz CT molecular complexity index is 459. The lowest BCUT2D eigenvalue weighted by Gasteiger charge is -2.21. The predicted octanol–water partition coefficient (Wildman–Crippen LogP) is 2.58. The first kappa shape index (κ1) is 15.5. The largest absolute Gasteiger partial charge is 0.407 e. The minimum Gasteiger partial charge on any atom is -0.298 e. The lowest BCUT2D eigenvalue weighted by atomic mass is 9.99. The van der Waals surface area contributed by atoms with Crippen molar-refractivity contribution in [3.63, 3.8) is 0 Å². The third-order valence-corrected chi connectivity index (χ3v) is 2.43. The number of hydrogen-bond donors (Lipinski definition) is 0. The van der Waals surface area contributed by atoms with Crippen molar-refractivity contribution in [1.82, 2.24) is 9.78 Å². The van der Waals surface area contributed by atoms with Crippen molar-refractivity contribution < 1.29 is 31.1 Å². The molecule has 3 nitrogen and oxygen atoms in total. The second kappa shape index (κ2) is 4.86. The molecule has 1 aromatic heterocycles. The van der Waals surface area contributed by atoms with Gasteiger partial charge in [-0.05, 0) is 13.0 Å². The number of carbonyl (C=O) groups is 1. The second-order valence-electron chi connectivity index (χ2n) is 4.06. The van der Waals surface area contributed by atoms with Gasteiger partial charge in [0.05, 0.1) is 5.69 Å². The number of alkyl halides is 6. The molecule has 0 N–H and O–H groups in total. The summed E-state index contributed by atoms with van der Waals surface area (Å²) in [5, 5.41) is 3.75. The summed E-state index contributed by atoms with van der Waals surface area (Å²) in [5.74, 6) is -5.90. The van der Waals surface area contributed by atoms with Gasteiger partial charge in [0.15, 0.2) is 5.78 Å². The number of ketones is 1. The normalized spacial score (nSPS) is 13.1. The number of carbonyl (C=O) groups excluding carboxylic acids is 1. The average molecular weight is 288 g/mol. The fraction of sp³-hybridized carbons (Fsp3) is 0.600. The summed E-state index contributed by atoms with van der Waals surface area (Å²) in [4.78, 5) is 11.3. The summed E-state index contributed by atoms with van der Waals surface area (Å²) in [7, 11) is 1.34. The monoisotopic (exact) mass is 288 g/mol. The molecule has 1 heterocycles. The van der Waals surface area contributed by atoms with E-state index in [1.54, 1.807) is 0 Å². The van der Waals surface area contributed by atoms with Crippen LogP contribution in [0.5, 0.6) is 0 Å². The molecule has 0 fully saturated rings. The molecule has 0 amide bonds. The SMILES string of the molecule is Cc1cc(CC(=O)C(C(F)(F)F)C(F)(F)F)n(C)n1. The Labute approximate surface area is 104 Å². The quantitative estimate of drug-likeness (QED) is 0.801. The van der Waals surface area contributed by atoms with Crippen LogP contribution in [0.1, 0.15) is 11.4 Å². The Kier molecular flexibility index (Phi) is 3.97. The Balaban J connectivity index is 3.00. The van der Waals surface area contributed by atoms with Crippen LogP contribution in [0.3, 0.4) is 0 Å². The van der Waals surface area contributed by atoms with Gasteiger partial charge in [-0.3, -0.25) is 9.48 Å². The molecule has 0 spiro atoms. The Morgan fingerprint density at radius 2 is 1.74 bits per heavy atom. The highest BCUT2D eigenvalue weighted by molar-refractivity contribution is 5.84. The smallest absolute Gasteiger partial charge is 0.298 e. The van der Waals surface area contributed by atoms with Gasteiger partial charge in [0, 0.05) is 19.2 Å². The maximum atomic E-state index is 12.3. The standard InChI is InChI=1S/C10H10F6N2O/c1-5-3-6(18(2)17-5)4-7(19)8(9(11,12)13)10(14,15)16/h3,8H,4H2,1-2H3. The summed E-state index contributed by atoms with van der Waals surface area (Å²) < 4.78 is 75.0. The molecule has 0 saturated carbocycles. The minimum atomic E-state index is -5.65. The van der Waals surface area contributed by atoms with Crippen LogP contribution in [-0.4, -0.2) is 27.9 Å². The van der Waals surface area contributed by atoms with Crippen molar-refractivity contribution in [3.05, 3.63) is 17.5 Å². The van der Waals surface area contributed by atoms with Crippen LogP contribution in [0, 0.1) is 12.8 Å². The molecule has 0 saturated heterocycles. The van der Waals surface area contributed by atoms with Gasteiger partial charge < -0.3 is 0 Å². The van der Waals surface area contributed by atoms with Crippen molar-refractivity contribution in [1.29, 1.82) is 0 Å². The van der Waals surface area contributed by atoms with Crippen LogP contribution in [0.2, 0.25) is 0 Å². The van der Waals surface area contributed by atoms with E-state index in [4.69, 9.17) is 0 Å². The first-order valence-electron chi connectivity index (χ1n) is 5.08. The maximum Gasteiger partial charge on any atom is 0.407 e. The van der Waals surface area contributed by atoms with Gasteiger partial charge in [-0.2, -0.15) is 31.4 Å². The van der Waals surface area contributed by atoms with E-state index in [-0.39, 0.29) is 5.69 Å². The highest BCUT2D eigenvalue weighted by atomic mass is 19.4. The van der Waals surface area contributed by atoms with Gasteiger partial charge in [0.25, 0.3) is 0 Å². The Hall–Kier alpha value is -1.54. The lowest BCUT2D eigenvalue weighted by molar-refractivity contribution is -0.273. The third kappa shape index (κ3) is 3.71. The molecular weight excluding hydrogens is 278 g/mol. The average Bonchev–Trinajstić information content (AvgIpc) is 2.38. The number of hydrogen-bond acceptors (Lipinski definition) is 2. The molecule has 19 heavy (non-hydrogen) atoms. The molecule has 0 radical (unpaired) electrons. The van der Waals surface area contributed by atoms with Crippen LogP contribution >= 0.6 is 0 Å². The second-order valence-corrected chi connectivity index (χ2v) is 4.06. The van der Waals surface area contributed by atoms with Gasteiger partial charge in [-0.25, -0.2) is 0 Å². The predicted molar refractivity (Wildman–Crippen MR) is 52.3 cm³/mol. The molecule has 0 atom stereocenters. The fourth-order valence-electron chi connectivity index (χ4n) is 1.66. The zero-order valence-electron chi connectivity index (χ0n) is 9.93. The molecule has 0 aliphatic rings. The van der Waals surface area contributed by atoms with E-state index in [0.29, 0.717) is 5.69 Å². The van der Waals surface area contributed by atoms with Crippen molar-refractivity contribution in [3.8, 4) is 0 Å². The van der Waals surface area contributed by atoms with Gasteiger partial charge in [0.2, 0.25) is 5.92 Å². The molecular formula is C10H10F6N2O. The first-order chi connectivity index (χ1) is 8.43. The third-order valence-electron chi connectivity index (χ3n) is 2.43. The van der Waals surface area contributed by atoms with Crippen LogP contribution in [0.4, 0.5) is 26.3 Å². The van der Waals surface area contributed by atoms with E-state index in [1.807, 2.05) is 0 Å². The molecule has 1 rings (SSSR count). The number of aromatic nitrogens is 2. The van der Waals surface area contributed by atoms with Crippen LogP contribution in [0.25, 0.3) is 0 Å². The molecule has 0 aliphatic heterocycles. The zero-order valence-corrected chi connectivity index (χ0v) is 9.93. The number of Topliss-reactive ketones (excluding diaryl/α,β-unsaturated/α-hetero) is 1. The molecule has 9 heteroatoms. The number of aryl methyl sites for hydroxylation is 2. The Morgan fingerprint density at radius 1 is 1.26 bits per heavy atom. The maximum absolute atomic E-state index is 12.3. The molecule has 108 valence electrons. The van der Waals surface area contributed by atoms with Crippen molar-refractivity contribution in [2.75, 3.05) is 0 Å². The van der Waals surface area contributed by atoms with E-state index >= 15 is 0 Å². The van der Waals surface area contributed by atoms with Gasteiger partial charge in [-0.15, -0.1) is 0 Å². The van der Waals surface area contributed by atoms with E-state index in [9.17, 15) is 31.1 Å². The topological polar surface area (TPSA) is 34.9 Å². The summed E-state index contributed by atoms with van der Waals surface area (Å²) in [5.41, 5.74) is 0.405. The summed E-state index contributed by atoms with van der Waals surface area (Å²) in [6, 6.07) is 1.27. The lowest BCUT2D eigenvalue weighted by Crippen LogP contribution is -2.43. The zero-order chi connectivity index (χ0) is 15.0. The van der Waals surface area contributed by atoms with Gasteiger partial charge in [0.1, 0.15) is 0 Å². The molecule has 0 aromatic carbocycles. The summed E-state index contributed by atoms with van der Waals surface area (Å²) in [6.07, 6.45) is -12.3. The Morgan fingerprint density at radius 3 is 2.05 bits per heavy atom. The number of halogens is 6. The first-order valence-corrected chi connectivity index (χ1v) is 5.08. The van der Waals surface area contributed by atoms with Crippen LogP contribution in [-0.2, 0) is 18.3 Å². The van der Waals surface area contributed by atoms with Crippen molar-refractivity contribution in [2.24, 2.45) is 13.0 Å². The summed E-state index contributed by atoms with van der Waals surface area (Å²) in [6.45, 7) is 1.51. The van der Waals surface area contributed by atoms with Gasteiger partial charge in [-0.1, -0.05) is 0 Å². The summed E-state index contributed by atoms with van der Waals surface area (Å²) >= 11 is 0. The molecule has 0 aliphatic carbocycles. The fourth-order valence-corrected chi connectivity index (χ4v) is 1.66. The molecule has 1 aromatic rings. The molecule has 0 bridgehead atoms. The van der Waals surface area contributed by atoms with E-state index in [1.165, 1.54) is 20.0 Å². The van der Waals surface area contributed by atoms with Crippen LogP contribution in [0.15, 0.2) is 6.07 Å². The van der Waals surface area contributed by atoms with Crippen LogP contribution < -0.4 is 0 Å². The highest BCUT2D eigenvalue weighted by Gasteiger charge is 2.60. The number of rotatable bonds is 3. The van der Waals surface area contributed by atoms with E-state index in [2.05, 4.69) is 5.10 Å². The number of nitrogens with zero attached hydrogens (tertiary/aromatic N) is 2. The highest BCUT2D eigenvalue weighted by Crippen LogP contribution is 2.40. The van der Waals surface area contributed by atoms with Crippen molar-refractivity contribution in [2.45, 2.75) is 25.7 Å². The van der Waals surface area contributed by atoms with E-state index < -0.39 is 30.5 Å².